The van der Waals surface area contributed by atoms with Gasteiger partial charge in [-0.3, -0.25) is 9.59 Å². The van der Waals surface area contributed by atoms with Crippen molar-refractivity contribution >= 4 is 23.2 Å². The first-order chi connectivity index (χ1) is 14.1. The summed E-state index contributed by atoms with van der Waals surface area (Å²) in [4.78, 5) is 28.5. The Bertz CT molecular complexity index is 912. The predicted octanol–water partition coefficient (Wildman–Crippen LogP) is 2.69. The molecule has 0 unspecified atom stereocenters. The molecule has 0 aliphatic carbocycles. The van der Waals surface area contributed by atoms with Crippen LogP contribution in [0.1, 0.15) is 22.3 Å². The molecule has 2 aliphatic rings. The molecule has 0 atom stereocenters. The molecule has 0 bridgehead atoms. The van der Waals surface area contributed by atoms with Gasteiger partial charge in [-0.2, -0.15) is 0 Å². The Hall–Kier alpha value is -2.93. The van der Waals surface area contributed by atoms with Gasteiger partial charge in [0.25, 0.3) is 5.91 Å². The molecule has 0 spiro atoms. The maximum atomic E-state index is 14.5. The van der Waals surface area contributed by atoms with Crippen LogP contribution in [0.2, 0.25) is 0 Å². The van der Waals surface area contributed by atoms with Crippen molar-refractivity contribution in [1.82, 2.24) is 4.90 Å². The van der Waals surface area contributed by atoms with E-state index in [2.05, 4.69) is 5.32 Å². The van der Waals surface area contributed by atoms with Crippen LogP contribution in [0.25, 0.3) is 0 Å². The van der Waals surface area contributed by atoms with Crippen molar-refractivity contribution in [2.45, 2.75) is 12.8 Å². The topological polar surface area (TPSA) is 61.9 Å². The van der Waals surface area contributed by atoms with Crippen molar-refractivity contribution in [1.29, 1.82) is 0 Å². The molecule has 2 aromatic rings. The highest BCUT2D eigenvalue weighted by Crippen LogP contribution is 2.26. The molecule has 7 heteroatoms. The number of hydrogen-bond donors (Lipinski definition) is 1. The summed E-state index contributed by atoms with van der Waals surface area (Å²) in [7, 11) is 0. The average molecular weight is 397 g/mol. The fraction of sp³-hybridized carbons (Fsp3) is 0.364. The average Bonchev–Trinajstić information content (AvgIpc) is 2.77. The van der Waals surface area contributed by atoms with E-state index in [1.807, 2.05) is 24.3 Å². The molecule has 4 rings (SSSR count). The number of carbonyl (C=O) groups excluding carboxylic acids is 2. The molecular weight excluding hydrogens is 373 g/mol. The number of para-hydroxylation sites is 1. The van der Waals surface area contributed by atoms with E-state index in [9.17, 15) is 14.0 Å². The van der Waals surface area contributed by atoms with Crippen molar-refractivity contribution in [3.63, 3.8) is 0 Å². The Morgan fingerprint density at radius 1 is 1.07 bits per heavy atom. The lowest BCUT2D eigenvalue weighted by atomic mass is 10.0. The van der Waals surface area contributed by atoms with E-state index >= 15 is 0 Å². The zero-order chi connectivity index (χ0) is 20.2. The number of benzene rings is 2. The van der Waals surface area contributed by atoms with Crippen molar-refractivity contribution in [2.24, 2.45) is 0 Å². The van der Waals surface area contributed by atoms with Gasteiger partial charge >= 0.3 is 0 Å². The molecule has 0 aromatic heterocycles. The minimum atomic E-state index is -0.595. The van der Waals surface area contributed by atoms with E-state index in [0.29, 0.717) is 38.5 Å². The van der Waals surface area contributed by atoms with Crippen LogP contribution < -0.4 is 10.2 Å². The molecule has 2 aliphatic heterocycles. The largest absolute Gasteiger partial charge is 0.378 e. The lowest BCUT2D eigenvalue weighted by Crippen LogP contribution is -2.41. The summed E-state index contributed by atoms with van der Waals surface area (Å²) in [5.74, 6) is -0.994. The number of nitrogens with zero attached hydrogens (tertiary/aromatic N) is 2. The Kier molecular flexibility index (Phi) is 5.76. The van der Waals surface area contributed by atoms with Crippen LogP contribution in [-0.2, 0) is 16.0 Å². The van der Waals surface area contributed by atoms with Crippen LogP contribution in [-0.4, -0.2) is 56.1 Å². The normalized spacial score (nSPS) is 16.3. The molecule has 0 radical (unpaired) electrons. The standard InChI is InChI=1S/C22H24FN3O3/c23-19-14-17(7-8-18(19)22(28)25-10-12-29-13-11-25)24-15-21(27)26-9-3-5-16-4-1-2-6-20(16)26/h1-2,4,6-8,14,24H,3,5,9-13,15H2. The number of fused-ring (bicyclic) bond motifs is 1. The summed E-state index contributed by atoms with van der Waals surface area (Å²) < 4.78 is 19.7. The van der Waals surface area contributed by atoms with Gasteiger partial charge in [-0.25, -0.2) is 4.39 Å². The molecule has 2 aromatic carbocycles. The van der Waals surface area contributed by atoms with E-state index in [1.165, 1.54) is 17.7 Å². The van der Waals surface area contributed by atoms with Crippen LogP contribution in [0.4, 0.5) is 15.8 Å². The number of halogens is 1. The monoisotopic (exact) mass is 397 g/mol. The van der Waals surface area contributed by atoms with E-state index < -0.39 is 5.82 Å². The third-order valence-electron chi connectivity index (χ3n) is 5.35. The predicted molar refractivity (Wildman–Crippen MR) is 109 cm³/mol. The van der Waals surface area contributed by atoms with E-state index in [1.54, 1.807) is 15.9 Å². The van der Waals surface area contributed by atoms with Crippen LogP contribution >= 0.6 is 0 Å². The van der Waals surface area contributed by atoms with E-state index in [-0.39, 0.29) is 23.9 Å². The molecule has 6 nitrogen and oxygen atoms in total. The lowest BCUT2D eigenvalue weighted by molar-refractivity contribution is -0.117. The molecule has 1 saturated heterocycles. The Morgan fingerprint density at radius 2 is 1.86 bits per heavy atom. The molecule has 0 saturated carbocycles. The smallest absolute Gasteiger partial charge is 0.256 e. The second kappa shape index (κ2) is 8.61. The SMILES string of the molecule is O=C(c1ccc(NCC(=O)N2CCCc3ccccc32)cc1F)N1CCOCC1. The molecule has 152 valence electrons. The minimum absolute atomic E-state index is 0.0359. The summed E-state index contributed by atoms with van der Waals surface area (Å²) in [6.07, 6.45) is 1.90. The van der Waals surface area contributed by atoms with Crippen LogP contribution in [0.5, 0.6) is 0 Å². The molecule has 2 amide bonds. The first kappa shape index (κ1) is 19.4. The Balaban J connectivity index is 1.40. The summed E-state index contributed by atoms with van der Waals surface area (Å²) in [6.45, 7) is 2.60. The van der Waals surface area contributed by atoms with Gasteiger partial charge in [-0.15, -0.1) is 0 Å². The van der Waals surface area contributed by atoms with Gasteiger partial charge in [0.1, 0.15) is 5.82 Å². The molecule has 2 heterocycles. The van der Waals surface area contributed by atoms with Gasteiger partial charge in [0.05, 0.1) is 25.3 Å². The molecular formula is C22H24FN3O3. The first-order valence-electron chi connectivity index (χ1n) is 9.92. The second-order valence-corrected chi connectivity index (χ2v) is 7.23. The number of aryl methyl sites for hydroxylation is 1. The number of hydrogen-bond acceptors (Lipinski definition) is 4. The second-order valence-electron chi connectivity index (χ2n) is 7.23. The van der Waals surface area contributed by atoms with Gasteiger partial charge < -0.3 is 19.9 Å². The van der Waals surface area contributed by atoms with Crippen LogP contribution in [0, 0.1) is 5.82 Å². The van der Waals surface area contributed by atoms with Crippen molar-refractivity contribution < 1.29 is 18.7 Å². The fourth-order valence-corrected chi connectivity index (χ4v) is 3.80. The summed E-state index contributed by atoms with van der Waals surface area (Å²) >= 11 is 0. The number of amides is 2. The van der Waals surface area contributed by atoms with Gasteiger partial charge in [-0.05, 0) is 42.7 Å². The molecule has 29 heavy (non-hydrogen) atoms. The third kappa shape index (κ3) is 4.24. The van der Waals surface area contributed by atoms with Crippen molar-refractivity contribution in [2.75, 3.05) is 49.6 Å². The van der Waals surface area contributed by atoms with E-state index in [4.69, 9.17) is 4.74 Å². The van der Waals surface area contributed by atoms with Gasteiger partial charge in [0.2, 0.25) is 5.91 Å². The van der Waals surface area contributed by atoms with Crippen LogP contribution in [0.3, 0.4) is 0 Å². The maximum Gasteiger partial charge on any atom is 0.256 e. The third-order valence-corrected chi connectivity index (χ3v) is 5.35. The fourth-order valence-electron chi connectivity index (χ4n) is 3.80. The van der Waals surface area contributed by atoms with Crippen molar-refractivity contribution in [3.8, 4) is 0 Å². The number of nitrogens with one attached hydrogen (secondary N) is 1. The number of ether oxygens (including phenoxy) is 1. The Labute approximate surface area is 169 Å². The zero-order valence-corrected chi connectivity index (χ0v) is 16.2. The number of morpholine rings is 1. The highest BCUT2D eigenvalue weighted by molar-refractivity contribution is 5.97. The maximum absolute atomic E-state index is 14.5. The van der Waals surface area contributed by atoms with Crippen LogP contribution in [0.15, 0.2) is 42.5 Å². The van der Waals surface area contributed by atoms with Gasteiger partial charge in [0.15, 0.2) is 0 Å². The summed E-state index contributed by atoms with van der Waals surface area (Å²) in [5.41, 5.74) is 2.63. The highest BCUT2D eigenvalue weighted by Gasteiger charge is 2.23. The van der Waals surface area contributed by atoms with E-state index in [0.717, 1.165) is 18.5 Å². The van der Waals surface area contributed by atoms with Gasteiger partial charge in [0, 0.05) is 31.0 Å². The Morgan fingerprint density at radius 3 is 2.66 bits per heavy atom. The quantitative estimate of drug-likeness (QED) is 0.862. The highest BCUT2D eigenvalue weighted by atomic mass is 19.1. The zero-order valence-electron chi connectivity index (χ0n) is 16.2. The number of rotatable bonds is 4. The van der Waals surface area contributed by atoms with Gasteiger partial charge in [-0.1, -0.05) is 18.2 Å². The summed E-state index contributed by atoms with van der Waals surface area (Å²) in [6, 6.07) is 12.3. The van der Waals surface area contributed by atoms with Crippen molar-refractivity contribution in [3.05, 3.63) is 59.4 Å². The molecule has 1 N–H and O–H groups in total. The first-order valence-corrected chi connectivity index (χ1v) is 9.92. The number of anilines is 2. The number of carbonyl (C=O) groups is 2. The summed E-state index contributed by atoms with van der Waals surface area (Å²) in [5, 5.41) is 2.98. The lowest BCUT2D eigenvalue weighted by Gasteiger charge is -2.29. The minimum Gasteiger partial charge on any atom is -0.378 e. The molecule has 1 fully saturated rings.